The second kappa shape index (κ2) is 13.1. The molecule has 0 bridgehead atoms. The van der Waals surface area contributed by atoms with Crippen LogP contribution in [0.5, 0.6) is 0 Å². The maximum absolute atomic E-state index is 10.6. The Bertz CT molecular complexity index is 537. The van der Waals surface area contributed by atoms with E-state index in [1.807, 2.05) is 40.2 Å². The molecule has 0 saturated carbocycles. The number of hydrogen-bond donors (Lipinski definition) is 1. The number of carbonyl (C=O) groups is 2. The summed E-state index contributed by atoms with van der Waals surface area (Å²) in [5.74, 6) is -0.545. The zero-order valence-electron chi connectivity index (χ0n) is 13.7. The Labute approximate surface area is 140 Å². The largest absolute Gasteiger partial charge is 0.481 e. The molecule has 0 aliphatic carbocycles. The molecule has 22 heavy (non-hydrogen) atoms. The molecule has 124 valence electrons. The average molecular weight is 345 g/mol. The maximum atomic E-state index is 10.6. The van der Waals surface area contributed by atoms with Gasteiger partial charge in [-0.05, 0) is 6.92 Å². The number of nitrogens with zero attached hydrogens (tertiary/aromatic N) is 2. The predicted molar refractivity (Wildman–Crippen MR) is 91.1 cm³/mol. The van der Waals surface area contributed by atoms with E-state index in [4.69, 9.17) is 5.11 Å². The van der Waals surface area contributed by atoms with Crippen LogP contribution in [0.1, 0.15) is 31.7 Å². The third-order valence-corrected chi connectivity index (χ3v) is 3.69. The minimum Gasteiger partial charge on any atom is -0.481 e. The van der Waals surface area contributed by atoms with Crippen molar-refractivity contribution >= 4 is 34.4 Å². The van der Waals surface area contributed by atoms with E-state index >= 15 is 0 Å². The van der Waals surface area contributed by atoms with Gasteiger partial charge in [-0.3, -0.25) is 14.6 Å². The van der Waals surface area contributed by atoms with Crippen molar-refractivity contribution in [2.45, 2.75) is 40.7 Å². The first-order valence-corrected chi connectivity index (χ1v) is 8.23. The standard InChI is InChI=1S/C7H10NOS.C4H5NS.C3H6O2.CH3/c1-6-4-10-5-8(6)3-7(2)9;1-4-2-6-3-5-4;1-2-3(4)5;/h4-5H,3H2,1-2H3;2-3H,1H3;2H2,1H3,(H,4,5);1H3/q+1;;;-1. The Hall–Kier alpha value is -1.60. The van der Waals surface area contributed by atoms with Gasteiger partial charge in [-0.2, -0.15) is 4.57 Å². The molecule has 2 aromatic heterocycles. The topological polar surface area (TPSA) is 71.1 Å². The highest BCUT2D eigenvalue weighted by molar-refractivity contribution is 7.07. The zero-order valence-corrected chi connectivity index (χ0v) is 15.3. The Morgan fingerprint density at radius 2 is 1.86 bits per heavy atom. The first-order valence-electron chi connectivity index (χ1n) is 6.35. The summed E-state index contributed by atoms with van der Waals surface area (Å²) in [6.45, 7) is 7.69. The molecular formula is C15H24N2O3S2. The molecule has 0 aliphatic rings. The van der Waals surface area contributed by atoms with Gasteiger partial charge >= 0.3 is 5.97 Å². The van der Waals surface area contributed by atoms with Crippen molar-refractivity contribution < 1.29 is 19.3 Å². The van der Waals surface area contributed by atoms with Crippen LogP contribution in [-0.2, 0) is 16.1 Å². The third-order valence-electron chi connectivity index (χ3n) is 2.13. The van der Waals surface area contributed by atoms with Gasteiger partial charge in [0.05, 0.1) is 10.9 Å². The first kappa shape index (κ1) is 22.7. The lowest BCUT2D eigenvalue weighted by atomic mass is 10.4. The van der Waals surface area contributed by atoms with Crippen molar-refractivity contribution in [1.29, 1.82) is 0 Å². The number of carboxylic acids is 1. The van der Waals surface area contributed by atoms with Crippen molar-refractivity contribution in [3.05, 3.63) is 40.6 Å². The minimum absolute atomic E-state index is 0. The Balaban J connectivity index is 0. The second-order valence-corrected chi connectivity index (χ2v) is 5.65. The van der Waals surface area contributed by atoms with Crippen LogP contribution in [0.4, 0.5) is 0 Å². The fourth-order valence-corrected chi connectivity index (χ4v) is 2.35. The minimum atomic E-state index is -0.745. The number of hydrogen-bond acceptors (Lipinski definition) is 5. The summed E-state index contributed by atoms with van der Waals surface area (Å²) in [5, 5.41) is 11.8. The highest BCUT2D eigenvalue weighted by Crippen LogP contribution is 1.96. The van der Waals surface area contributed by atoms with Crippen LogP contribution < -0.4 is 4.57 Å². The van der Waals surface area contributed by atoms with Gasteiger partial charge in [0.2, 0.25) is 12.1 Å². The molecule has 2 aromatic rings. The Kier molecular flexibility index (Phi) is 13.5. The number of thiazole rings is 2. The van der Waals surface area contributed by atoms with Gasteiger partial charge < -0.3 is 12.5 Å². The van der Waals surface area contributed by atoms with Crippen LogP contribution in [0.2, 0.25) is 0 Å². The molecule has 0 aromatic carbocycles. The van der Waals surface area contributed by atoms with Crippen LogP contribution in [0.25, 0.3) is 0 Å². The summed E-state index contributed by atoms with van der Waals surface area (Å²) in [6, 6.07) is 0. The highest BCUT2D eigenvalue weighted by Gasteiger charge is 2.08. The number of ketones is 1. The molecule has 0 saturated heterocycles. The fraction of sp³-hybridized carbons (Fsp3) is 0.400. The van der Waals surface area contributed by atoms with Crippen molar-refractivity contribution in [1.82, 2.24) is 4.98 Å². The Morgan fingerprint density at radius 3 is 2.09 bits per heavy atom. The van der Waals surface area contributed by atoms with Gasteiger partial charge in [0, 0.05) is 31.3 Å². The van der Waals surface area contributed by atoms with E-state index in [0.29, 0.717) is 6.54 Å². The molecule has 2 heterocycles. The summed E-state index contributed by atoms with van der Waals surface area (Å²) in [5.41, 5.74) is 6.05. The first-order chi connectivity index (χ1) is 9.86. The molecule has 0 spiro atoms. The summed E-state index contributed by atoms with van der Waals surface area (Å²) in [4.78, 5) is 24.0. The lowest BCUT2D eigenvalue weighted by Crippen LogP contribution is -2.37. The van der Waals surface area contributed by atoms with Crippen molar-refractivity contribution in [2.24, 2.45) is 0 Å². The molecule has 0 aliphatic heterocycles. The van der Waals surface area contributed by atoms with Crippen LogP contribution in [0.3, 0.4) is 0 Å². The van der Waals surface area contributed by atoms with E-state index < -0.39 is 5.97 Å². The predicted octanol–water partition coefficient (Wildman–Crippen LogP) is 3.32. The van der Waals surface area contributed by atoms with E-state index in [1.54, 1.807) is 36.5 Å². The normalized spacial score (nSPS) is 8.55. The Morgan fingerprint density at radius 1 is 1.27 bits per heavy atom. The van der Waals surface area contributed by atoms with Crippen LogP contribution in [0, 0.1) is 21.3 Å². The molecular weight excluding hydrogens is 320 g/mol. The quantitative estimate of drug-likeness (QED) is 0.685. The van der Waals surface area contributed by atoms with Gasteiger partial charge in [0.15, 0.2) is 11.5 Å². The number of rotatable bonds is 3. The summed E-state index contributed by atoms with van der Waals surface area (Å²) in [7, 11) is 0. The van der Waals surface area contributed by atoms with Crippen molar-refractivity contribution in [3.8, 4) is 0 Å². The maximum Gasteiger partial charge on any atom is 0.303 e. The molecule has 0 unspecified atom stereocenters. The second-order valence-electron chi connectivity index (χ2n) is 4.21. The van der Waals surface area contributed by atoms with Gasteiger partial charge in [0.25, 0.3) is 0 Å². The summed E-state index contributed by atoms with van der Waals surface area (Å²) in [6.07, 6.45) is 0.222. The van der Waals surface area contributed by atoms with Gasteiger partial charge in [-0.15, -0.1) is 11.3 Å². The summed E-state index contributed by atoms with van der Waals surface area (Å²) < 4.78 is 1.95. The molecule has 0 radical (unpaired) electrons. The molecule has 0 atom stereocenters. The molecule has 7 heteroatoms. The number of aliphatic carboxylic acids is 1. The molecule has 0 amide bonds. The molecule has 0 fully saturated rings. The van der Waals surface area contributed by atoms with E-state index in [-0.39, 0.29) is 19.6 Å². The molecule has 1 N–H and O–H groups in total. The molecule has 2 rings (SSSR count). The van der Waals surface area contributed by atoms with Gasteiger partial charge in [-0.25, -0.2) is 0 Å². The smallest absolute Gasteiger partial charge is 0.303 e. The van der Waals surface area contributed by atoms with Crippen molar-refractivity contribution in [3.63, 3.8) is 0 Å². The monoisotopic (exact) mass is 344 g/mol. The number of carboxylic acid groups (broad SMARTS) is 1. The van der Waals surface area contributed by atoms with Crippen LogP contribution in [0.15, 0.2) is 21.8 Å². The molecule has 5 nitrogen and oxygen atoms in total. The average Bonchev–Trinajstić information content (AvgIpc) is 3.03. The zero-order chi connectivity index (χ0) is 16.3. The summed E-state index contributed by atoms with van der Waals surface area (Å²) >= 11 is 3.25. The van der Waals surface area contributed by atoms with Gasteiger partial charge in [0.1, 0.15) is 0 Å². The van der Waals surface area contributed by atoms with E-state index in [9.17, 15) is 9.59 Å². The third kappa shape index (κ3) is 12.2. The lowest BCUT2D eigenvalue weighted by molar-refractivity contribution is -0.685. The number of Topliss-reactive ketones (excluding diaryl/α,β-unsaturated/α-hetero) is 1. The van der Waals surface area contributed by atoms with Crippen molar-refractivity contribution in [2.75, 3.05) is 0 Å². The highest BCUT2D eigenvalue weighted by atomic mass is 32.1. The van der Waals surface area contributed by atoms with Crippen LogP contribution in [-0.4, -0.2) is 21.8 Å². The number of aromatic nitrogens is 2. The number of carbonyl (C=O) groups excluding carboxylic acids is 1. The van der Waals surface area contributed by atoms with E-state index in [2.05, 4.69) is 4.98 Å². The van der Waals surface area contributed by atoms with E-state index in [0.717, 1.165) is 11.4 Å². The number of aryl methyl sites for hydroxylation is 2. The SMILES string of the molecule is CC(=O)C[n+]1cscc1C.CCC(=O)O.Cc1cscn1.[CH3-]. The lowest BCUT2D eigenvalue weighted by Gasteiger charge is -1.87. The fourth-order valence-electron chi connectivity index (χ4n) is 1.03. The van der Waals surface area contributed by atoms with E-state index in [1.165, 1.54) is 0 Å². The van der Waals surface area contributed by atoms with Gasteiger partial charge in [-0.1, -0.05) is 18.3 Å². The van der Waals surface area contributed by atoms with Crippen LogP contribution >= 0.6 is 22.7 Å².